The van der Waals surface area contributed by atoms with Gasteiger partial charge in [-0.3, -0.25) is 28.8 Å². The summed E-state index contributed by atoms with van der Waals surface area (Å²) in [6, 6.07) is 6.84. The van der Waals surface area contributed by atoms with E-state index in [1.807, 2.05) is 0 Å². The van der Waals surface area contributed by atoms with Crippen LogP contribution >= 0.6 is 0 Å². The van der Waals surface area contributed by atoms with Gasteiger partial charge >= 0.3 is 35.8 Å². The van der Waals surface area contributed by atoms with Crippen molar-refractivity contribution in [1.29, 1.82) is 0 Å². The second-order valence-corrected chi connectivity index (χ2v) is 19.3. The summed E-state index contributed by atoms with van der Waals surface area (Å²) >= 11 is 0. The van der Waals surface area contributed by atoms with Crippen molar-refractivity contribution >= 4 is 44.1 Å². The van der Waals surface area contributed by atoms with Gasteiger partial charge in [-0.25, -0.2) is 0 Å². The molecule has 0 saturated carbocycles. The predicted molar refractivity (Wildman–Crippen MR) is 187 cm³/mol. The van der Waals surface area contributed by atoms with Gasteiger partial charge in [0.1, 0.15) is 49.5 Å². The number of aliphatic hydroxyl groups is 1. The maximum absolute atomic E-state index is 12.5. The highest BCUT2D eigenvalue weighted by Crippen LogP contribution is 2.41. The molecule has 2 heterocycles. The van der Waals surface area contributed by atoms with Crippen molar-refractivity contribution in [2.75, 3.05) is 13.2 Å². The van der Waals surface area contributed by atoms with E-state index in [0.29, 0.717) is 11.3 Å². The first-order valence-corrected chi connectivity index (χ1v) is 20.3. The van der Waals surface area contributed by atoms with Crippen LogP contribution in [-0.4, -0.2) is 118 Å². The van der Waals surface area contributed by atoms with E-state index in [4.69, 9.17) is 47.1 Å². The summed E-state index contributed by atoms with van der Waals surface area (Å²) in [5.74, 6) is -4.30. The zero-order valence-corrected chi connectivity index (χ0v) is 33.5. The Bertz CT molecular complexity index is 1520. The number of hydrogen-bond acceptors (Lipinski definition) is 17. The smallest absolute Gasteiger partial charge is 0.303 e. The first kappa shape index (κ1) is 44.3. The number of carbonyl (C=O) groups excluding carboxylic acids is 6. The van der Waals surface area contributed by atoms with Gasteiger partial charge in [-0.15, -0.1) is 0 Å². The van der Waals surface area contributed by atoms with Crippen LogP contribution < -0.4 is 4.43 Å². The Kier molecular flexibility index (Phi) is 15.2. The van der Waals surface area contributed by atoms with Gasteiger partial charge in [0, 0.05) is 41.5 Å². The Balaban J connectivity index is 2.17. The Hall–Kier alpha value is -4.10. The highest BCUT2D eigenvalue weighted by atomic mass is 28.4. The minimum absolute atomic E-state index is 0.139. The van der Waals surface area contributed by atoms with Gasteiger partial charge in [-0.2, -0.15) is 0 Å². The van der Waals surface area contributed by atoms with E-state index in [1.165, 1.54) is 6.92 Å². The zero-order chi connectivity index (χ0) is 40.7. The average Bonchev–Trinajstić information content (AvgIpc) is 3.02. The third-order valence-electron chi connectivity index (χ3n) is 9.02. The molecule has 1 aromatic carbocycles. The molecule has 0 aliphatic carbocycles. The molecule has 302 valence electrons. The lowest BCUT2D eigenvalue weighted by molar-refractivity contribution is -0.345. The van der Waals surface area contributed by atoms with Gasteiger partial charge in [-0.05, 0) is 35.8 Å². The molecule has 2 aliphatic rings. The van der Waals surface area contributed by atoms with E-state index in [0.717, 1.165) is 34.6 Å². The second kappa shape index (κ2) is 18.5. The summed E-state index contributed by atoms with van der Waals surface area (Å²) in [7, 11) is -2.32. The molecule has 1 N–H and O–H groups in total. The summed E-state index contributed by atoms with van der Waals surface area (Å²) in [5, 5.41) is 11.9. The fourth-order valence-corrected chi connectivity index (χ4v) is 6.70. The van der Waals surface area contributed by atoms with Crippen LogP contribution in [-0.2, 0) is 71.4 Å². The van der Waals surface area contributed by atoms with Crippen molar-refractivity contribution in [2.24, 2.45) is 0 Å². The maximum atomic E-state index is 12.5. The molecule has 0 amide bonds. The number of rotatable bonds is 13. The summed E-state index contributed by atoms with van der Waals surface area (Å²) in [6.45, 7) is 16.0. The molecule has 3 rings (SSSR count). The van der Waals surface area contributed by atoms with Crippen LogP contribution in [0.3, 0.4) is 0 Å². The van der Waals surface area contributed by atoms with Gasteiger partial charge in [0.05, 0.1) is 0 Å². The minimum atomic E-state index is -2.32. The molecule has 0 aromatic heterocycles. The van der Waals surface area contributed by atoms with Crippen LogP contribution in [0.4, 0.5) is 0 Å². The normalized spacial score (nSPS) is 28.5. The number of benzene rings is 1. The predicted octanol–water partition coefficient (Wildman–Crippen LogP) is 2.83. The quantitative estimate of drug-likeness (QED) is 0.173. The van der Waals surface area contributed by atoms with E-state index < -0.39 is 119 Å². The average molecular weight is 785 g/mol. The Morgan fingerprint density at radius 3 is 1.61 bits per heavy atom. The molecular formula is C36H52O17Si. The number of carbonyl (C=O) groups is 6. The van der Waals surface area contributed by atoms with Crippen LogP contribution in [0.5, 0.6) is 5.75 Å². The van der Waals surface area contributed by atoms with Crippen molar-refractivity contribution in [3.05, 3.63) is 29.8 Å². The SMILES string of the molecule is CC(=O)OC[C@H]1O[C@H](O[C@H]2[C@H](OC(C)=O)[C@@H](COC(C)=O)OC(c3cccc(O[Si](C)(C)C(C)(C)C)c3)[C@H]2O)[C@H](OC(C)=O)[C@H](OC(C)=O)[C@@H]1OC(C)=O. The standard InChI is InChI=1S/C36H52O17Si/c1-18(37)44-16-26-30(46-20(3)39)32(28(43)29(50-26)24-13-12-14-25(15-24)53-54(10,11)36(7,8)9)52-35-34(49-23(6)42)33(48-22(5)41)31(47-21(4)40)27(51-35)17-45-19(2)38/h12-15,26-35,43H,16-17H2,1-11H3/t26-,27-,28-,29?,30-,31-,32-,33-,34-,35-/m1/s1. The molecule has 2 aliphatic heterocycles. The van der Waals surface area contributed by atoms with Crippen molar-refractivity contribution in [2.45, 2.75) is 142 Å². The van der Waals surface area contributed by atoms with Crippen LogP contribution in [0, 0.1) is 0 Å². The highest BCUT2D eigenvalue weighted by molar-refractivity contribution is 6.74. The van der Waals surface area contributed by atoms with E-state index in [9.17, 15) is 33.9 Å². The van der Waals surface area contributed by atoms with Crippen molar-refractivity contribution in [3.63, 3.8) is 0 Å². The van der Waals surface area contributed by atoms with Gasteiger partial charge in [0.2, 0.25) is 8.32 Å². The fraction of sp³-hybridized carbons (Fsp3) is 0.667. The third-order valence-corrected chi connectivity index (χ3v) is 13.4. The van der Waals surface area contributed by atoms with Crippen molar-refractivity contribution < 1.29 is 80.9 Å². The number of esters is 6. The summed E-state index contributed by atoms with van der Waals surface area (Å²) < 4.78 is 57.8. The molecule has 17 nitrogen and oxygen atoms in total. The topological polar surface area (TPSA) is 215 Å². The molecule has 1 unspecified atom stereocenters. The van der Waals surface area contributed by atoms with Crippen molar-refractivity contribution in [3.8, 4) is 5.75 Å². The van der Waals surface area contributed by atoms with E-state index in [2.05, 4.69) is 33.9 Å². The Labute approximate surface area is 315 Å². The minimum Gasteiger partial charge on any atom is -0.543 e. The molecule has 54 heavy (non-hydrogen) atoms. The van der Waals surface area contributed by atoms with Gasteiger partial charge in [-0.1, -0.05) is 32.9 Å². The highest BCUT2D eigenvalue weighted by Gasteiger charge is 2.56. The molecule has 10 atom stereocenters. The summed E-state index contributed by atoms with van der Waals surface area (Å²) in [4.78, 5) is 73.3. The van der Waals surface area contributed by atoms with Gasteiger partial charge in [0.15, 0.2) is 30.7 Å². The molecule has 18 heteroatoms. The molecule has 0 bridgehead atoms. The fourth-order valence-electron chi connectivity index (χ4n) is 5.68. The maximum Gasteiger partial charge on any atom is 0.303 e. The van der Waals surface area contributed by atoms with Crippen molar-refractivity contribution in [1.82, 2.24) is 0 Å². The second-order valence-electron chi connectivity index (χ2n) is 14.6. The lowest BCUT2D eigenvalue weighted by Crippen LogP contribution is -2.66. The molecule has 1 aromatic rings. The van der Waals surface area contributed by atoms with E-state index >= 15 is 0 Å². The largest absolute Gasteiger partial charge is 0.543 e. The van der Waals surface area contributed by atoms with Gasteiger partial charge < -0.3 is 52.2 Å². The molecule has 2 saturated heterocycles. The summed E-state index contributed by atoms with van der Waals surface area (Å²) in [5.41, 5.74) is 0.419. The molecule has 0 radical (unpaired) electrons. The Morgan fingerprint density at radius 2 is 1.13 bits per heavy atom. The Morgan fingerprint density at radius 1 is 0.667 bits per heavy atom. The van der Waals surface area contributed by atoms with Crippen LogP contribution in [0.1, 0.15) is 74.0 Å². The van der Waals surface area contributed by atoms with E-state index in [-0.39, 0.29) is 5.04 Å². The van der Waals surface area contributed by atoms with Crippen LogP contribution in [0.2, 0.25) is 18.1 Å². The molecule has 2 fully saturated rings. The van der Waals surface area contributed by atoms with Crippen LogP contribution in [0.15, 0.2) is 24.3 Å². The summed E-state index contributed by atoms with van der Waals surface area (Å²) in [6.07, 6.45) is -15.1. The molecule has 0 spiro atoms. The van der Waals surface area contributed by atoms with E-state index in [1.54, 1.807) is 24.3 Å². The lowest BCUT2D eigenvalue weighted by Gasteiger charge is -2.48. The number of hydrogen-bond donors (Lipinski definition) is 1. The zero-order valence-electron chi connectivity index (χ0n) is 32.5. The monoisotopic (exact) mass is 784 g/mol. The van der Waals surface area contributed by atoms with Gasteiger partial charge in [0.25, 0.3) is 0 Å². The first-order chi connectivity index (χ1) is 25.0. The number of ether oxygens (including phenoxy) is 9. The third kappa shape index (κ3) is 11.9. The van der Waals surface area contributed by atoms with Crippen LogP contribution in [0.25, 0.3) is 0 Å². The number of aliphatic hydroxyl groups excluding tert-OH is 1. The first-order valence-electron chi connectivity index (χ1n) is 17.4. The molecular weight excluding hydrogens is 732 g/mol. The lowest BCUT2D eigenvalue weighted by atomic mass is 9.90.